The van der Waals surface area contributed by atoms with Crippen molar-refractivity contribution in [2.45, 2.75) is 56.3 Å². The summed E-state index contributed by atoms with van der Waals surface area (Å²) in [7, 11) is -3.56. The van der Waals surface area contributed by atoms with Crippen LogP contribution in [0.3, 0.4) is 0 Å². The molecule has 0 radical (unpaired) electrons. The number of fused-ring (bicyclic) bond motifs is 1. The lowest BCUT2D eigenvalue weighted by Crippen LogP contribution is -2.59. The number of hydroxylamine groups is 1. The van der Waals surface area contributed by atoms with Gasteiger partial charge in [-0.2, -0.15) is 0 Å². The molecule has 9 nitrogen and oxygen atoms in total. The lowest BCUT2D eigenvalue weighted by atomic mass is 9.76. The molecule has 0 spiro atoms. The number of aromatic nitrogens is 1. The number of nitrogens with one attached hydrogen (secondary N) is 2. The number of halogens is 1. The molecule has 4 atom stereocenters. The van der Waals surface area contributed by atoms with E-state index in [0.717, 1.165) is 24.7 Å². The van der Waals surface area contributed by atoms with E-state index < -0.39 is 40.0 Å². The van der Waals surface area contributed by atoms with Crippen LogP contribution in [0.1, 0.15) is 64.7 Å². The molecule has 1 saturated carbocycles. The van der Waals surface area contributed by atoms with Crippen LogP contribution in [0, 0.1) is 0 Å². The molecular weight excluding hydrogens is 552 g/mol. The zero-order chi connectivity index (χ0) is 28.3. The maximum Gasteiger partial charge on any atom is 0.255 e. The zero-order valence-electron chi connectivity index (χ0n) is 22.0. The van der Waals surface area contributed by atoms with Crippen LogP contribution < -0.4 is 10.2 Å². The molecule has 2 N–H and O–H groups in total. The van der Waals surface area contributed by atoms with Crippen LogP contribution in [-0.4, -0.2) is 48.5 Å². The fourth-order valence-electron chi connectivity index (χ4n) is 5.84. The maximum atomic E-state index is 14.2. The maximum absolute atomic E-state index is 14.2. The van der Waals surface area contributed by atoms with Gasteiger partial charge in [0.05, 0.1) is 29.8 Å². The second-order valence-corrected chi connectivity index (χ2v) is 12.4. The normalized spacial score (nSPS) is 22.9. The van der Waals surface area contributed by atoms with Crippen molar-refractivity contribution in [1.29, 1.82) is 0 Å². The fraction of sp³-hybridized carbons (Fsp3) is 0.345. The van der Waals surface area contributed by atoms with Crippen LogP contribution in [0.15, 0.2) is 73.1 Å². The van der Waals surface area contributed by atoms with Crippen LogP contribution in [0.2, 0.25) is 5.02 Å². The highest BCUT2D eigenvalue weighted by Gasteiger charge is 2.49. The topological polar surface area (TPSA) is 118 Å². The predicted octanol–water partition coefficient (Wildman–Crippen LogP) is 4.12. The van der Waals surface area contributed by atoms with E-state index in [1.807, 2.05) is 30.3 Å². The molecule has 1 aromatic heterocycles. The average molecular weight is 583 g/mol. The molecular formula is C29H31ClN4O5S. The first-order valence-corrected chi connectivity index (χ1v) is 15.5. The molecule has 0 unspecified atom stereocenters. The van der Waals surface area contributed by atoms with E-state index in [1.54, 1.807) is 41.4 Å². The molecule has 0 saturated heterocycles. The van der Waals surface area contributed by atoms with Crippen LogP contribution >= 0.6 is 11.6 Å². The van der Waals surface area contributed by atoms with Crippen molar-refractivity contribution in [2.24, 2.45) is 0 Å². The molecule has 40 heavy (non-hydrogen) atoms. The SMILES string of the molecule is CS(=O)(=O)N[C@H]1CCCC[C@@H]1N1C(=O)c2ccccc2[C@@H](C(=O)NOCc2ccccc2)[C@@H]1c1ccncc1Cl. The summed E-state index contributed by atoms with van der Waals surface area (Å²) in [5.74, 6) is -1.61. The summed E-state index contributed by atoms with van der Waals surface area (Å²) in [4.78, 5) is 39.5. The fourth-order valence-corrected chi connectivity index (χ4v) is 6.90. The van der Waals surface area contributed by atoms with Crippen LogP contribution in [-0.2, 0) is 26.3 Å². The van der Waals surface area contributed by atoms with Gasteiger partial charge in [0.2, 0.25) is 10.0 Å². The number of hydrogen-bond acceptors (Lipinski definition) is 6. The number of rotatable bonds is 8. The Balaban J connectivity index is 1.58. The third-order valence-corrected chi connectivity index (χ3v) is 8.53. The predicted molar refractivity (Wildman–Crippen MR) is 151 cm³/mol. The number of pyridine rings is 1. The van der Waals surface area contributed by atoms with Crippen molar-refractivity contribution >= 4 is 33.4 Å². The van der Waals surface area contributed by atoms with E-state index in [0.29, 0.717) is 34.6 Å². The molecule has 1 aliphatic carbocycles. The van der Waals surface area contributed by atoms with Crippen LogP contribution in [0.25, 0.3) is 0 Å². The number of carbonyl (C=O) groups is 2. The molecule has 1 aliphatic heterocycles. The standard InChI is InChI=1S/C29H31ClN4O5S/c1-40(37,38)33-24-13-7-8-14-25(24)34-27(22-15-16-31-17-23(22)30)26(20-11-5-6-12-21(20)29(34)36)28(35)32-39-18-19-9-3-2-4-10-19/h2-6,9-12,15-17,24-27,33H,7-8,13-14,18H2,1H3,(H,32,35)/t24-,25-,26+,27-/m0/s1. The van der Waals surface area contributed by atoms with Gasteiger partial charge in [0.25, 0.3) is 11.8 Å². The molecule has 2 aromatic carbocycles. The van der Waals surface area contributed by atoms with E-state index in [1.165, 1.54) is 6.20 Å². The quantitative estimate of drug-likeness (QED) is 0.386. The van der Waals surface area contributed by atoms with E-state index in [4.69, 9.17) is 16.4 Å². The molecule has 5 rings (SSSR count). The number of amides is 2. The van der Waals surface area contributed by atoms with E-state index >= 15 is 0 Å². The molecule has 11 heteroatoms. The van der Waals surface area contributed by atoms with Gasteiger partial charge in [-0.3, -0.25) is 19.4 Å². The Bertz CT molecular complexity index is 1490. The average Bonchev–Trinajstić information content (AvgIpc) is 2.93. The smallest absolute Gasteiger partial charge is 0.255 e. The Morgan fingerprint density at radius 1 is 1.05 bits per heavy atom. The summed E-state index contributed by atoms with van der Waals surface area (Å²) < 4.78 is 27.3. The Kier molecular flexibility index (Phi) is 8.51. The third-order valence-electron chi connectivity index (χ3n) is 7.49. The summed E-state index contributed by atoms with van der Waals surface area (Å²) in [6, 6.07) is 16.3. The first-order valence-electron chi connectivity index (χ1n) is 13.2. The lowest BCUT2D eigenvalue weighted by Gasteiger charge is -2.49. The Hall–Kier alpha value is -3.31. The van der Waals surface area contributed by atoms with Crippen LogP contribution in [0.5, 0.6) is 0 Å². The van der Waals surface area contributed by atoms with Crippen molar-refractivity contribution in [3.05, 3.63) is 100 Å². The molecule has 0 bridgehead atoms. The highest BCUT2D eigenvalue weighted by atomic mass is 35.5. The monoisotopic (exact) mass is 582 g/mol. The first kappa shape index (κ1) is 28.2. The highest BCUT2D eigenvalue weighted by Crippen LogP contribution is 2.47. The van der Waals surface area contributed by atoms with Crippen molar-refractivity contribution in [3.8, 4) is 0 Å². The second-order valence-electron chi connectivity index (χ2n) is 10.2. The van der Waals surface area contributed by atoms with Gasteiger partial charge in [-0.05, 0) is 41.7 Å². The molecule has 210 valence electrons. The Labute approximate surface area is 238 Å². The Morgan fingerprint density at radius 3 is 2.52 bits per heavy atom. The van der Waals surface area contributed by atoms with Gasteiger partial charge in [-0.1, -0.05) is 73.0 Å². The lowest BCUT2D eigenvalue weighted by molar-refractivity contribution is -0.138. The summed E-state index contributed by atoms with van der Waals surface area (Å²) in [5, 5.41) is 0.302. The van der Waals surface area contributed by atoms with Crippen molar-refractivity contribution < 1.29 is 22.8 Å². The number of sulfonamides is 1. The molecule has 1 fully saturated rings. The van der Waals surface area contributed by atoms with Crippen LogP contribution in [0.4, 0.5) is 0 Å². The Morgan fingerprint density at radius 2 is 1.77 bits per heavy atom. The minimum atomic E-state index is -3.56. The first-order chi connectivity index (χ1) is 19.2. The molecule has 2 heterocycles. The molecule has 2 aliphatic rings. The van der Waals surface area contributed by atoms with Gasteiger partial charge in [-0.15, -0.1) is 0 Å². The van der Waals surface area contributed by atoms with Gasteiger partial charge in [0, 0.05) is 30.0 Å². The van der Waals surface area contributed by atoms with E-state index in [9.17, 15) is 18.0 Å². The summed E-state index contributed by atoms with van der Waals surface area (Å²) >= 11 is 6.66. The number of benzene rings is 2. The second kappa shape index (κ2) is 12.1. The number of carbonyl (C=O) groups excluding carboxylic acids is 2. The third kappa shape index (κ3) is 6.05. The summed E-state index contributed by atoms with van der Waals surface area (Å²) in [6.45, 7) is 0.160. The van der Waals surface area contributed by atoms with Gasteiger partial charge in [0.15, 0.2) is 0 Å². The molecule has 2 amide bonds. The van der Waals surface area contributed by atoms with Crippen molar-refractivity contribution in [1.82, 2.24) is 20.1 Å². The minimum Gasteiger partial charge on any atom is -0.326 e. The number of hydrogen-bond donors (Lipinski definition) is 2. The van der Waals surface area contributed by atoms with Gasteiger partial charge >= 0.3 is 0 Å². The van der Waals surface area contributed by atoms with Gasteiger partial charge < -0.3 is 4.90 Å². The van der Waals surface area contributed by atoms with E-state index in [2.05, 4.69) is 15.2 Å². The van der Waals surface area contributed by atoms with Crippen molar-refractivity contribution in [3.63, 3.8) is 0 Å². The van der Waals surface area contributed by atoms with Gasteiger partial charge in [0.1, 0.15) is 0 Å². The van der Waals surface area contributed by atoms with Gasteiger partial charge in [-0.25, -0.2) is 18.6 Å². The summed E-state index contributed by atoms with van der Waals surface area (Å²) in [5.41, 5.74) is 4.96. The number of nitrogens with zero attached hydrogens (tertiary/aromatic N) is 2. The zero-order valence-corrected chi connectivity index (χ0v) is 23.6. The van der Waals surface area contributed by atoms with Crippen molar-refractivity contribution in [2.75, 3.05) is 6.26 Å². The van der Waals surface area contributed by atoms with E-state index in [-0.39, 0.29) is 12.5 Å². The highest BCUT2D eigenvalue weighted by molar-refractivity contribution is 7.88. The molecule has 3 aromatic rings. The summed E-state index contributed by atoms with van der Waals surface area (Å²) in [6.07, 6.45) is 6.93. The minimum absolute atomic E-state index is 0.160. The largest absolute Gasteiger partial charge is 0.326 e.